The van der Waals surface area contributed by atoms with E-state index in [4.69, 9.17) is 9.47 Å². The topological polar surface area (TPSA) is 52.6 Å². The van der Waals surface area contributed by atoms with Crippen molar-refractivity contribution in [3.05, 3.63) is 23.3 Å². The van der Waals surface area contributed by atoms with Crippen LogP contribution in [-0.4, -0.2) is 26.8 Å². The minimum Gasteiger partial charge on any atom is -0.495 e. The van der Waals surface area contributed by atoms with Crippen molar-refractivity contribution in [2.45, 2.75) is 0 Å². The molecule has 1 aromatic rings. The molecular formula is C12H10O4. The number of hydrogen-bond donors (Lipinski definition) is 0. The molecule has 1 aromatic carbocycles. The molecule has 0 aliphatic heterocycles. The molecule has 0 atom stereocenters. The van der Waals surface area contributed by atoms with Gasteiger partial charge in [-0.3, -0.25) is 9.59 Å². The standard InChI is InChI=1S/C12H10O4/c1-15-11-6-9(8-14)7-12(16-2)10(11)4-3-5-13/h5-8H,1-2H3. The van der Waals surface area contributed by atoms with Gasteiger partial charge in [0.15, 0.2) is 6.29 Å². The van der Waals surface area contributed by atoms with Gasteiger partial charge in [-0.1, -0.05) is 5.92 Å². The van der Waals surface area contributed by atoms with E-state index in [0.717, 1.165) is 0 Å². The average Bonchev–Trinajstić information content (AvgIpc) is 2.35. The molecule has 0 heterocycles. The van der Waals surface area contributed by atoms with Crippen LogP contribution in [0.15, 0.2) is 12.1 Å². The van der Waals surface area contributed by atoms with Crippen LogP contribution in [0.4, 0.5) is 0 Å². The summed E-state index contributed by atoms with van der Waals surface area (Å²) in [5.74, 6) is 5.67. The predicted octanol–water partition coefficient (Wildman–Crippen LogP) is 1.07. The Kier molecular flexibility index (Phi) is 4.10. The van der Waals surface area contributed by atoms with Gasteiger partial charge < -0.3 is 9.47 Å². The predicted molar refractivity (Wildman–Crippen MR) is 57.9 cm³/mol. The van der Waals surface area contributed by atoms with Gasteiger partial charge in [0, 0.05) is 5.56 Å². The van der Waals surface area contributed by atoms with Crippen LogP contribution in [0.2, 0.25) is 0 Å². The van der Waals surface area contributed by atoms with Gasteiger partial charge in [-0.15, -0.1) is 0 Å². The summed E-state index contributed by atoms with van der Waals surface area (Å²) in [6, 6.07) is 3.06. The molecule has 0 fully saturated rings. The van der Waals surface area contributed by atoms with Gasteiger partial charge in [-0.05, 0) is 18.1 Å². The van der Waals surface area contributed by atoms with Gasteiger partial charge >= 0.3 is 0 Å². The second-order valence-electron chi connectivity index (χ2n) is 2.81. The van der Waals surface area contributed by atoms with Crippen molar-refractivity contribution in [1.29, 1.82) is 0 Å². The molecular weight excluding hydrogens is 208 g/mol. The highest BCUT2D eigenvalue weighted by Crippen LogP contribution is 2.28. The van der Waals surface area contributed by atoms with E-state index in [-0.39, 0.29) is 0 Å². The molecule has 0 unspecified atom stereocenters. The molecule has 0 aliphatic rings. The number of methoxy groups -OCH3 is 2. The number of benzene rings is 1. The van der Waals surface area contributed by atoms with E-state index in [1.807, 2.05) is 0 Å². The molecule has 0 aliphatic carbocycles. The number of aldehydes is 2. The lowest BCUT2D eigenvalue weighted by Gasteiger charge is -2.09. The highest BCUT2D eigenvalue weighted by molar-refractivity contribution is 5.80. The Bertz CT molecular complexity index is 441. The SMILES string of the molecule is COc1cc(C=O)cc(OC)c1C#CC=O. The highest BCUT2D eigenvalue weighted by atomic mass is 16.5. The van der Waals surface area contributed by atoms with E-state index in [1.54, 1.807) is 0 Å². The fraction of sp³-hybridized carbons (Fsp3) is 0.167. The Morgan fingerprint density at radius 2 is 1.69 bits per heavy atom. The molecule has 0 amide bonds. The van der Waals surface area contributed by atoms with E-state index >= 15 is 0 Å². The van der Waals surface area contributed by atoms with E-state index in [0.29, 0.717) is 35.2 Å². The zero-order chi connectivity index (χ0) is 12.0. The molecule has 4 nitrogen and oxygen atoms in total. The number of carbonyl (C=O) groups excluding carboxylic acids is 2. The normalized spacial score (nSPS) is 8.62. The summed E-state index contributed by atoms with van der Waals surface area (Å²) in [5, 5.41) is 0. The molecule has 0 spiro atoms. The Labute approximate surface area is 93.2 Å². The van der Waals surface area contributed by atoms with Crippen molar-refractivity contribution in [1.82, 2.24) is 0 Å². The van der Waals surface area contributed by atoms with Crippen molar-refractivity contribution >= 4 is 12.6 Å². The first kappa shape index (κ1) is 11.8. The number of carbonyl (C=O) groups is 2. The maximum atomic E-state index is 10.7. The fourth-order valence-electron chi connectivity index (χ4n) is 1.23. The highest BCUT2D eigenvalue weighted by Gasteiger charge is 2.10. The van der Waals surface area contributed by atoms with Gasteiger partial charge in [0.1, 0.15) is 23.3 Å². The third-order valence-electron chi connectivity index (χ3n) is 1.92. The third kappa shape index (κ3) is 2.39. The first-order chi connectivity index (χ1) is 7.76. The molecule has 0 radical (unpaired) electrons. The van der Waals surface area contributed by atoms with Crippen molar-refractivity contribution < 1.29 is 19.1 Å². The number of hydrogen-bond acceptors (Lipinski definition) is 4. The van der Waals surface area contributed by atoms with Gasteiger partial charge in [-0.2, -0.15) is 0 Å². The van der Waals surface area contributed by atoms with Gasteiger partial charge in [0.05, 0.1) is 14.2 Å². The smallest absolute Gasteiger partial charge is 0.193 e. The van der Waals surface area contributed by atoms with Crippen LogP contribution >= 0.6 is 0 Å². The van der Waals surface area contributed by atoms with Crippen LogP contribution in [0.1, 0.15) is 15.9 Å². The maximum absolute atomic E-state index is 10.7. The van der Waals surface area contributed by atoms with Crippen molar-refractivity contribution in [2.24, 2.45) is 0 Å². The quantitative estimate of drug-likeness (QED) is 0.562. The zero-order valence-corrected chi connectivity index (χ0v) is 8.94. The average molecular weight is 218 g/mol. The van der Waals surface area contributed by atoms with E-state index in [1.165, 1.54) is 26.4 Å². The molecule has 1 rings (SSSR count). The molecule has 82 valence electrons. The molecule has 4 heteroatoms. The summed E-state index contributed by atoms with van der Waals surface area (Å²) in [7, 11) is 2.91. The summed E-state index contributed by atoms with van der Waals surface area (Å²) in [4.78, 5) is 20.9. The zero-order valence-electron chi connectivity index (χ0n) is 8.94. The second kappa shape index (κ2) is 5.56. The second-order valence-corrected chi connectivity index (χ2v) is 2.81. The van der Waals surface area contributed by atoms with Crippen molar-refractivity contribution in [3.63, 3.8) is 0 Å². The summed E-state index contributed by atoms with van der Waals surface area (Å²) >= 11 is 0. The van der Waals surface area contributed by atoms with Gasteiger partial charge in [-0.25, -0.2) is 0 Å². The summed E-state index contributed by atoms with van der Waals surface area (Å²) in [6.45, 7) is 0. The van der Waals surface area contributed by atoms with Gasteiger partial charge in [0.25, 0.3) is 0 Å². The van der Waals surface area contributed by atoms with Crippen LogP contribution in [0.3, 0.4) is 0 Å². The van der Waals surface area contributed by atoms with Crippen LogP contribution in [-0.2, 0) is 4.79 Å². The van der Waals surface area contributed by atoms with Crippen LogP contribution < -0.4 is 9.47 Å². The van der Waals surface area contributed by atoms with Crippen LogP contribution in [0.25, 0.3) is 0 Å². The lowest BCUT2D eigenvalue weighted by Crippen LogP contribution is -1.95. The molecule has 0 aromatic heterocycles. The summed E-state index contributed by atoms with van der Waals surface area (Å²) < 4.78 is 10.1. The van der Waals surface area contributed by atoms with Crippen LogP contribution in [0, 0.1) is 11.8 Å². The number of rotatable bonds is 3. The van der Waals surface area contributed by atoms with E-state index < -0.39 is 0 Å². The summed E-state index contributed by atoms with van der Waals surface area (Å²) in [6.07, 6.45) is 1.16. The fourth-order valence-corrected chi connectivity index (χ4v) is 1.23. The molecule has 16 heavy (non-hydrogen) atoms. The first-order valence-corrected chi connectivity index (χ1v) is 4.43. The molecule has 0 N–H and O–H groups in total. The largest absolute Gasteiger partial charge is 0.495 e. The first-order valence-electron chi connectivity index (χ1n) is 4.43. The maximum Gasteiger partial charge on any atom is 0.193 e. The van der Waals surface area contributed by atoms with Gasteiger partial charge in [0.2, 0.25) is 0 Å². The minimum atomic E-state index is 0.399. The Morgan fingerprint density at radius 3 is 2.06 bits per heavy atom. The number of ether oxygens (including phenoxy) is 2. The Morgan fingerprint density at radius 1 is 1.12 bits per heavy atom. The monoisotopic (exact) mass is 218 g/mol. The molecule has 0 saturated heterocycles. The van der Waals surface area contributed by atoms with E-state index in [9.17, 15) is 9.59 Å². The van der Waals surface area contributed by atoms with Crippen molar-refractivity contribution in [2.75, 3.05) is 14.2 Å². The minimum absolute atomic E-state index is 0.399. The summed E-state index contributed by atoms with van der Waals surface area (Å²) in [5.41, 5.74) is 0.869. The lowest BCUT2D eigenvalue weighted by atomic mass is 10.1. The molecule has 0 bridgehead atoms. The lowest BCUT2D eigenvalue weighted by molar-refractivity contribution is -0.103. The van der Waals surface area contributed by atoms with Crippen molar-refractivity contribution in [3.8, 4) is 23.3 Å². The van der Waals surface area contributed by atoms with Crippen LogP contribution in [0.5, 0.6) is 11.5 Å². The van der Waals surface area contributed by atoms with E-state index in [2.05, 4.69) is 11.8 Å². The Balaban J connectivity index is 3.42. The molecule has 0 saturated carbocycles. The Hall–Kier alpha value is -2.28. The third-order valence-corrected chi connectivity index (χ3v) is 1.92.